The Labute approximate surface area is 163 Å². The van der Waals surface area contributed by atoms with Gasteiger partial charge in [0.1, 0.15) is 11.6 Å². The van der Waals surface area contributed by atoms with E-state index in [9.17, 15) is 9.59 Å². The molecule has 0 bridgehead atoms. The molecule has 2 fully saturated rings. The van der Waals surface area contributed by atoms with Crippen molar-refractivity contribution in [3.05, 3.63) is 29.3 Å². The van der Waals surface area contributed by atoms with Gasteiger partial charge in [-0.3, -0.25) is 4.79 Å². The maximum absolute atomic E-state index is 13.1. The number of quaternary nitrogens is 1. The van der Waals surface area contributed by atoms with Crippen LogP contribution in [0.15, 0.2) is 24.3 Å². The van der Waals surface area contributed by atoms with Gasteiger partial charge in [-0.25, -0.2) is 14.7 Å². The number of thiazole rings is 1. The fourth-order valence-electron chi connectivity index (χ4n) is 4.09. The summed E-state index contributed by atoms with van der Waals surface area (Å²) in [5.41, 5.74) is 0.339. The largest absolute Gasteiger partial charge is 0.329 e. The average Bonchev–Trinajstić information content (AvgIpc) is 3.19. The van der Waals surface area contributed by atoms with Crippen LogP contribution in [0.5, 0.6) is 0 Å². The fourth-order valence-corrected chi connectivity index (χ4v) is 5.20. The number of urea groups is 1. The van der Waals surface area contributed by atoms with Crippen molar-refractivity contribution in [2.24, 2.45) is 5.92 Å². The number of aromatic nitrogens is 1. The molecule has 7 heteroatoms. The van der Waals surface area contributed by atoms with Crippen molar-refractivity contribution >= 4 is 33.5 Å². The smallest absolute Gasteiger partial charge is 0.323 e. The van der Waals surface area contributed by atoms with E-state index in [0.29, 0.717) is 12.6 Å². The van der Waals surface area contributed by atoms with E-state index < -0.39 is 5.54 Å². The Morgan fingerprint density at radius 3 is 2.74 bits per heavy atom. The lowest BCUT2D eigenvalue weighted by Gasteiger charge is -2.33. The Balaban J connectivity index is 1.47. The first-order chi connectivity index (χ1) is 12.9. The minimum Gasteiger partial charge on any atom is -0.323 e. The number of rotatable bonds is 4. The molecule has 1 aliphatic heterocycles. The molecular formula is C20H27N4O2S+. The second-order valence-electron chi connectivity index (χ2n) is 8.17. The highest BCUT2D eigenvalue weighted by Crippen LogP contribution is 2.36. The number of imide groups is 1. The first kappa shape index (κ1) is 18.4. The minimum absolute atomic E-state index is 0.0461. The van der Waals surface area contributed by atoms with Gasteiger partial charge in [-0.2, -0.15) is 0 Å². The molecule has 2 heterocycles. The third kappa shape index (κ3) is 3.23. The zero-order valence-electron chi connectivity index (χ0n) is 16.1. The molecule has 27 heavy (non-hydrogen) atoms. The Bertz CT molecular complexity index is 839. The van der Waals surface area contributed by atoms with E-state index in [-0.39, 0.29) is 18.0 Å². The van der Waals surface area contributed by atoms with Crippen LogP contribution in [-0.4, -0.2) is 41.1 Å². The molecule has 2 atom stereocenters. The molecule has 2 aliphatic rings. The van der Waals surface area contributed by atoms with Gasteiger partial charge in [-0.15, -0.1) is 11.3 Å². The van der Waals surface area contributed by atoms with Crippen molar-refractivity contribution in [3.8, 4) is 0 Å². The third-order valence-electron chi connectivity index (χ3n) is 6.20. The first-order valence-corrected chi connectivity index (χ1v) is 10.5. The molecule has 4 rings (SSSR count). The molecule has 1 spiro atoms. The van der Waals surface area contributed by atoms with Crippen molar-refractivity contribution in [2.75, 3.05) is 13.7 Å². The Morgan fingerprint density at radius 2 is 2.04 bits per heavy atom. The van der Waals surface area contributed by atoms with Gasteiger partial charge in [0.15, 0.2) is 11.7 Å². The monoisotopic (exact) mass is 387 g/mol. The van der Waals surface area contributed by atoms with Crippen LogP contribution in [0.3, 0.4) is 0 Å². The van der Waals surface area contributed by atoms with Gasteiger partial charge in [-0.1, -0.05) is 19.1 Å². The van der Waals surface area contributed by atoms with Crippen LogP contribution < -0.4 is 10.2 Å². The molecule has 1 saturated carbocycles. The number of carbonyl (C=O) groups is 2. The van der Waals surface area contributed by atoms with Crippen molar-refractivity contribution in [2.45, 2.75) is 51.1 Å². The van der Waals surface area contributed by atoms with Crippen molar-refractivity contribution in [3.63, 3.8) is 0 Å². The van der Waals surface area contributed by atoms with E-state index in [0.717, 1.165) is 45.8 Å². The van der Waals surface area contributed by atoms with Gasteiger partial charge in [0.25, 0.3) is 5.91 Å². The molecule has 6 nitrogen and oxygen atoms in total. The quantitative estimate of drug-likeness (QED) is 0.792. The number of benzene rings is 1. The van der Waals surface area contributed by atoms with Crippen LogP contribution in [0.2, 0.25) is 0 Å². The number of carbonyl (C=O) groups excluding carboxylic acids is 2. The number of para-hydroxylation sites is 1. The Hall–Kier alpha value is -1.99. The molecule has 3 amide bonds. The molecule has 2 N–H and O–H groups in total. The van der Waals surface area contributed by atoms with Gasteiger partial charge in [0.05, 0.1) is 17.3 Å². The minimum atomic E-state index is -0.664. The summed E-state index contributed by atoms with van der Waals surface area (Å²) in [6, 6.07) is 7.96. The second kappa shape index (κ2) is 6.87. The van der Waals surface area contributed by atoms with Crippen LogP contribution in [0.1, 0.15) is 50.6 Å². The van der Waals surface area contributed by atoms with Crippen molar-refractivity contribution in [1.82, 2.24) is 15.2 Å². The number of fused-ring (bicyclic) bond motifs is 1. The Kier molecular flexibility index (Phi) is 4.68. The van der Waals surface area contributed by atoms with Crippen LogP contribution in [0, 0.1) is 5.92 Å². The summed E-state index contributed by atoms with van der Waals surface area (Å²) in [5, 5.41) is 4.04. The number of hydrogen-bond acceptors (Lipinski definition) is 4. The average molecular weight is 388 g/mol. The van der Waals surface area contributed by atoms with E-state index in [1.54, 1.807) is 11.3 Å². The molecule has 144 valence electrons. The normalized spacial score (nSPS) is 28.0. The number of amides is 3. The highest BCUT2D eigenvalue weighted by Gasteiger charge is 2.53. The Morgan fingerprint density at radius 1 is 1.33 bits per heavy atom. The van der Waals surface area contributed by atoms with E-state index in [2.05, 4.69) is 25.2 Å². The molecular weight excluding hydrogens is 360 g/mol. The highest BCUT2D eigenvalue weighted by molar-refractivity contribution is 7.18. The van der Waals surface area contributed by atoms with E-state index >= 15 is 0 Å². The third-order valence-corrected chi connectivity index (χ3v) is 7.42. The molecule has 1 saturated heterocycles. The predicted octanol–water partition coefficient (Wildman–Crippen LogP) is 2.33. The topological polar surface area (TPSA) is 66.7 Å². The molecule has 1 aliphatic carbocycles. The highest BCUT2D eigenvalue weighted by atomic mass is 32.1. The van der Waals surface area contributed by atoms with E-state index in [4.69, 9.17) is 4.98 Å². The van der Waals surface area contributed by atoms with E-state index in [1.807, 2.05) is 25.2 Å². The summed E-state index contributed by atoms with van der Waals surface area (Å²) in [7, 11) is 2.02. The second-order valence-corrected chi connectivity index (χ2v) is 9.24. The zero-order valence-corrected chi connectivity index (χ0v) is 16.9. The van der Waals surface area contributed by atoms with Crippen LogP contribution in [-0.2, 0) is 4.79 Å². The standard InChI is InChI=1S/C20H26N4O2S/c1-13-8-10-20(11-9-13)18(25)24(19(26)22-20)12-23(3)14(2)17-21-15-6-4-5-7-16(15)27-17/h4-7,13-14H,8-12H2,1-3H3,(H,22,26)/p+1/t13?,14-,20?/m1/s1. The SMILES string of the molecule is CC1CCC2(CC1)NC(=O)N(C[NH+](C)[C@H](C)c1nc3ccccc3s1)C2=O. The lowest BCUT2D eigenvalue weighted by Crippen LogP contribution is -3.10. The molecule has 1 unspecified atom stereocenters. The summed E-state index contributed by atoms with van der Waals surface area (Å²) in [6.07, 6.45) is 3.48. The molecule has 0 radical (unpaired) electrons. The lowest BCUT2D eigenvalue weighted by atomic mass is 9.77. The molecule has 2 aromatic rings. The van der Waals surface area contributed by atoms with E-state index in [1.165, 1.54) is 4.90 Å². The van der Waals surface area contributed by atoms with Gasteiger partial charge < -0.3 is 10.2 Å². The summed E-state index contributed by atoms with van der Waals surface area (Å²) in [6.45, 7) is 4.67. The molecule has 1 aromatic heterocycles. The van der Waals surface area contributed by atoms with Gasteiger partial charge in [0, 0.05) is 0 Å². The summed E-state index contributed by atoms with van der Waals surface area (Å²) < 4.78 is 1.16. The van der Waals surface area contributed by atoms with Gasteiger partial charge in [-0.05, 0) is 50.7 Å². The van der Waals surface area contributed by atoms with Crippen LogP contribution in [0.4, 0.5) is 4.79 Å². The molecule has 1 aromatic carbocycles. The number of nitrogens with zero attached hydrogens (tertiary/aromatic N) is 2. The van der Waals surface area contributed by atoms with Gasteiger partial charge >= 0.3 is 6.03 Å². The maximum atomic E-state index is 13.1. The summed E-state index contributed by atoms with van der Waals surface area (Å²) in [5.74, 6) is 0.581. The maximum Gasteiger partial charge on any atom is 0.329 e. The zero-order chi connectivity index (χ0) is 19.2. The van der Waals surface area contributed by atoms with Crippen molar-refractivity contribution in [1.29, 1.82) is 0 Å². The lowest BCUT2D eigenvalue weighted by molar-refractivity contribution is -0.917. The van der Waals surface area contributed by atoms with Crippen LogP contribution >= 0.6 is 11.3 Å². The number of nitrogens with one attached hydrogen (secondary N) is 2. The van der Waals surface area contributed by atoms with Crippen molar-refractivity contribution < 1.29 is 14.5 Å². The summed E-state index contributed by atoms with van der Waals surface area (Å²) >= 11 is 1.68. The van der Waals surface area contributed by atoms with Crippen LogP contribution in [0.25, 0.3) is 10.2 Å². The summed E-state index contributed by atoms with van der Waals surface area (Å²) in [4.78, 5) is 32.8. The predicted molar refractivity (Wildman–Crippen MR) is 106 cm³/mol. The fraction of sp³-hybridized carbons (Fsp3) is 0.550. The number of hydrogen-bond donors (Lipinski definition) is 2. The van der Waals surface area contributed by atoms with Gasteiger partial charge in [0.2, 0.25) is 0 Å². The first-order valence-electron chi connectivity index (χ1n) is 9.71.